The fourth-order valence-electron chi connectivity index (χ4n) is 2.78. The highest BCUT2D eigenvalue weighted by Crippen LogP contribution is 2.36. The smallest absolute Gasteiger partial charge is 0.294 e. The Morgan fingerprint density at radius 2 is 1.68 bits per heavy atom. The summed E-state index contributed by atoms with van der Waals surface area (Å²) in [4.78, 5) is 11.9. The fourth-order valence-corrected chi connectivity index (χ4v) is 5.10. The lowest BCUT2D eigenvalue weighted by Gasteiger charge is -2.07. The molecule has 2 aromatic heterocycles. The lowest BCUT2D eigenvalue weighted by Crippen LogP contribution is -2.11. The number of benzene rings is 2. The van der Waals surface area contributed by atoms with Crippen molar-refractivity contribution in [3.05, 3.63) is 77.2 Å². The summed E-state index contributed by atoms with van der Waals surface area (Å²) in [6.07, 6.45) is 1.41. The summed E-state index contributed by atoms with van der Waals surface area (Å²) in [5, 5.41) is 0.609. The van der Waals surface area contributed by atoms with Crippen molar-refractivity contribution < 1.29 is 13.0 Å². The SMILES string of the molecule is O=c1cc(-c2cn(S(=O)(=O)c3ccccc3)c3ccccc23)[s+]([O-])[nH]1. The molecule has 1 unspecified atom stereocenters. The molecule has 0 fully saturated rings. The van der Waals surface area contributed by atoms with E-state index >= 15 is 0 Å². The van der Waals surface area contributed by atoms with Gasteiger partial charge in [-0.25, -0.2) is 12.4 Å². The van der Waals surface area contributed by atoms with Crippen LogP contribution in [-0.4, -0.2) is 21.3 Å². The second kappa shape index (κ2) is 5.69. The minimum Gasteiger partial charge on any atom is -0.570 e. The van der Waals surface area contributed by atoms with Crippen LogP contribution in [0.15, 0.2) is 76.6 Å². The molecule has 0 radical (unpaired) electrons. The van der Waals surface area contributed by atoms with E-state index in [9.17, 15) is 17.8 Å². The maximum Gasteiger partial charge on any atom is 0.294 e. The molecule has 0 saturated carbocycles. The summed E-state index contributed by atoms with van der Waals surface area (Å²) in [5.41, 5.74) is 0.446. The van der Waals surface area contributed by atoms with Crippen molar-refractivity contribution in [2.45, 2.75) is 4.90 Å². The van der Waals surface area contributed by atoms with E-state index < -0.39 is 26.5 Å². The molecule has 0 aliphatic rings. The third-order valence-corrected chi connectivity index (χ3v) is 6.71. The Balaban J connectivity index is 2.04. The highest BCUT2D eigenvalue weighted by atomic mass is 32.2. The van der Waals surface area contributed by atoms with Crippen LogP contribution in [0, 0.1) is 0 Å². The van der Waals surface area contributed by atoms with Crippen molar-refractivity contribution in [3.8, 4) is 10.4 Å². The normalized spacial score (nSPS) is 12.6. The molecule has 1 N–H and O–H groups in total. The van der Waals surface area contributed by atoms with Gasteiger partial charge in [0.05, 0.1) is 22.0 Å². The molecule has 6 nitrogen and oxygen atoms in total. The summed E-state index contributed by atoms with van der Waals surface area (Å²) in [6.45, 7) is 0. The van der Waals surface area contributed by atoms with Crippen molar-refractivity contribution >= 4 is 31.9 Å². The number of hydrogen-bond acceptors (Lipinski definition) is 4. The Bertz CT molecular complexity index is 1230. The number of nitrogens with one attached hydrogen (secondary N) is 1. The summed E-state index contributed by atoms with van der Waals surface area (Å²) >= 11 is 0. The molecule has 4 aromatic rings. The molecule has 0 aliphatic heterocycles. The Kier molecular flexibility index (Phi) is 3.60. The predicted molar refractivity (Wildman–Crippen MR) is 95.7 cm³/mol. The number of hydrogen-bond donors (Lipinski definition) is 1. The number of para-hydroxylation sites is 1. The summed E-state index contributed by atoms with van der Waals surface area (Å²) < 4.78 is 41.6. The largest absolute Gasteiger partial charge is 0.570 e. The van der Waals surface area contributed by atoms with Crippen molar-refractivity contribution in [2.24, 2.45) is 0 Å². The quantitative estimate of drug-likeness (QED) is 0.559. The maximum atomic E-state index is 13.0. The third-order valence-electron chi connectivity index (χ3n) is 3.90. The van der Waals surface area contributed by atoms with E-state index in [1.807, 2.05) is 0 Å². The molecular formula is C17H12N2O4S2. The van der Waals surface area contributed by atoms with Gasteiger partial charge >= 0.3 is 0 Å². The minimum absolute atomic E-state index is 0.151. The van der Waals surface area contributed by atoms with Gasteiger partial charge in [-0.1, -0.05) is 36.4 Å². The van der Waals surface area contributed by atoms with Crippen LogP contribution >= 0.6 is 10.9 Å². The standard InChI is InChI=1S/C17H12N2O4S2/c20-17-10-16(24(21)18-17)14-11-19(15-9-5-4-8-13(14)15)25(22,23)12-6-2-1-3-7-12/h1-11H,(H,18,20). The monoisotopic (exact) mass is 372 g/mol. The van der Waals surface area contributed by atoms with Gasteiger partial charge in [-0.15, -0.1) is 0 Å². The molecule has 4 rings (SSSR count). The molecule has 1 atom stereocenters. The average molecular weight is 372 g/mol. The molecule has 126 valence electrons. The first-order chi connectivity index (χ1) is 12.0. The number of fused-ring (bicyclic) bond motifs is 1. The van der Waals surface area contributed by atoms with Crippen LogP contribution in [-0.2, 0) is 10.0 Å². The van der Waals surface area contributed by atoms with Crippen LogP contribution in [0.1, 0.15) is 0 Å². The minimum atomic E-state index is -3.82. The second-order valence-electron chi connectivity index (χ2n) is 5.42. The van der Waals surface area contributed by atoms with Crippen molar-refractivity contribution in [1.82, 2.24) is 8.35 Å². The summed E-state index contributed by atoms with van der Waals surface area (Å²) in [6, 6.07) is 16.2. The molecule has 0 saturated heterocycles. The number of rotatable bonds is 3. The first-order valence-electron chi connectivity index (χ1n) is 7.33. The molecule has 0 amide bonds. The highest BCUT2D eigenvalue weighted by molar-refractivity contribution is 7.90. The number of aromatic amines is 1. The first kappa shape index (κ1) is 15.8. The molecule has 2 heterocycles. The van der Waals surface area contributed by atoms with Crippen LogP contribution in [0.2, 0.25) is 0 Å². The van der Waals surface area contributed by atoms with E-state index in [2.05, 4.69) is 4.37 Å². The Morgan fingerprint density at radius 3 is 2.36 bits per heavy atom. The molecular weight excluding hydrogens is 360 g/mol. The predicted octanol–water partition coefficient (Wildman–Crippen LogP) is 2.96. The van der Waals surface area contributed by atoms with Gasteiger partial charge in [-0.3, -0.25) is 4.79 Å². The number of H-pyrrole nitrogens is 1. The van der Waals surface area contributed by atoms with Gasteiger partial charge < -0.3 is 4.55 Å². The van der Waals surface area contributed by atoms with Gasteiger partial charge in [-0.05, 0) is 18.2 Å². The average Bonchev–Trinajstić information content (AvgIpc) is 3.15. The third kappa shape index (κ3) is 2.51. The Hall–Kier alpha value is -2.68. The maximum absolute atomic E-state index is 13.0. The van der Waals surface area contributed by atoms with Crippen LogP contribution in [0.4, 0.5) is 0 Å². The number of aromatic nitrogens is 2. The van der Waals surface area contributed by atoms with Crippen molar-refractivity contribution in [3.63, 3.8) is 0 Å². The van der Waals surface area contributed by atoms with Gasteiger partial charge in [0.1, 0.15) is 0 Å². The summed E-state index contributed by atoms with van der Waals surface area (Å²) in [5.74, 6) is 0. The van der Waals surface area contributed by atoms with Crippen molar-refractivity contribution in [2.75, 3.05) is 0 Å². The van der Waals surface area contributed by atoms with E-state index in [-0.39, 0.29) is 9.77 Å². The van der Waals surface area contributed by atoms with E-state index in [0.717, 1.165) is 3.97 Å². The van der Waals surface area contributed by atoms with Gasteiger partial charge in [0.15, 0.2) is 0 Å². The van der Waals surface area contributed by atoms with Gasteiger partial charge in [-0.2, -0.15) is 4.37 Å². The molecule has 2 aromatic carbocycles. The summed E-state index contributed by atoms with van der Waals surface area (Å²) in [7, 11) is -5.52. The lowest BCUT2D eigenvalue weighted by molar-refractivity contribution is 0.588. The molecule has 8 heteroatoms. The molecule has 25 heavy (non-hydrogen) atoms. The topological polar surface area (TPSA) is 95.0 Å². The highest BCUT2D eigenvalue weighted by Gasteiger charge is 2.24. The zero-order valence-corrected chi connectivity index (χ0v) is 14.4. The van der Waals surface area contributed by atoms with Gasteiger partial charge in [0.25, 0.3) is 15.6 Å². The first-order valence-corrected chi connectivity index (χ1v) is 9.92. The fraction of sp³-hybridized carbons (Fsp3) is 0. The van der Waals surface area contributed by atoms with Crippen LogP contribution in [0.5, 0.6) is 0 Å². The van der Waals surface area contributed by atoms with Crippen LogP contribution in [0.25, 0.3) is 21.3 Å². The zero-order valence-electron chi connectivity index (χ0n) is 12.7. The Morgan fingerprint density at radius 1 is 1.00 bits per heavy atom. The Labute approximate surface area is 146 Å². The van der Waals surface area contributed by atoms with E-state index in [4.69, 9.17) is 0 Å². The van der Waals surface area contributed by atoms with E-state index in [1.54, 1.807) is 42.5 Å². The van der Waals surface area contributed by atoms with E-state index in [0.29, 0.717) is 16.5 Å². The number of nitrogens with zero attached hydrogens (tertiary/aromatic N) is 1. The van der Waals surface area contributed by atoms with Crippen LogP contribution < -0.4 is 5.56 Å². The van der Waals surface area contributed by atoms with Crippen molar-refractivity contribution in [1.29, 1.82) is 0 Å². The molecule has 0 aliphatic carbocycles. The van der Waals surface area contributed by atoms with Gasteiger partial charge in [0.2, 0.25) is 4.88 Å². The molecule has 0 bridgehead atoms. The second-order valence-corrected chi connectivity index (χ2v) is 8.41. The molecule has 0 spiro atoms. The van der Waals surface area contributed by atoms with Crippen LogP contribution in [0.3, 0.4) is 0 Å². The van der Waals surface area contributed by atoms with Gasteiger partial charge in [0, 0.05) is 22.5 Å². The lowest BCUT2D eigenvalue weighted by atomic mass is 10.1. The van der Waals surface area contributed by atoms with E-state index in [1.165, 1.54) is 24.4 Å². The zero-order chi connectivity index (χ0) is 17.6.